The van der Waals surface area contributed by atoms with Crippen molar-refractivity contribution < 1.29 is 37.7 Å². The second kappa shape index (κ2) is 16.2. The molecule has 0 spiro atoms. The SMILES string of the molecule is CC(=O)NCC1(c2ccccc2)CCN(C(=O)OC(C)(C)C)CC1.CC(=O)NCC1(c2ccccc2)CCNCC1.[V]. The van der Waals surface area contributed by atoms with Crippen LogP contribution >= 0.6 is 0 Å². The maximum Gasteiger partial charge on any atom is 0.410 e. The zero-order chi connectivity index (χ0) is 29.9. The largest absolute Gasteiger partial charge is 0.444 e. The van der Waals surface area contributed by atoms with E-state index in [2.05, 4.69) is 52.3 Å². The smallest absolute Gasteiger partial charge is 0.410 e. The van der Waals surface area contributed by atoms with Crippen LogP contribution in [0.3, 0.4) is 0 Å². The average Bonchev–Trinajstić information content (AvgIpc) is 2.96. The second-order valence-electron chi connectivity index (χ2n) is 12.3. The normalized spacial score (nSPS) is 17.4. The predicted octanol–water partition coefficient (Wildman–Crippen LogP) is 4.53. The Morgan fingerprint density at radius 3 is 1.55 bits per heavy atom. The molecule has 2 aliphatic heterocycles. The number of piperidine rings is 2. The Morgan fingerprint density at radius 1 is 0.762 bits per heavy atom. The van der Waals surface area contributed by atoms with Crippen LogP contribution in [0.1, 0.15) is 71.4 Å². The first kappa shape index (κ1) is 35.4. The van der Waals surface area contributed by atoms with Gasteiger partial charge in [0.05, 0.1) is 0 Å². The molecule has 42 heavy (non-hydrogen) atoms. The van der Waals surface area contributed by atoms with Gasteiger partial charge in [-0.1, -0.05) is 60.7 Å². The Bertz CT molecular complexity index is 1120. The molecule has 0 aliphatic carbocycles. The average molecular weight is 616 g/mol. The number of nitrogens with zero attached hydrogens (tertiary/aromatic N) is 1. The molecule has 0 bridgehead atoms. The first-order valence-electron chi connectivity index (χ1n) is 14.7. The van der Waals surface area contributed by atoms with Crippen LogP contribution in [0.5, 0.6) is 0 Å². The van der Waals surface area contributed by atoms with Crippen molar-refractivity contribution in [1.29, 1.82) is 0 Å². The number of benzene rings is 2. The van der Waals surface area contributed by atoms with Gasteiger partial charge in [0.2, 0.25) is 11.8 Å². The summed E-state index contributed by atoms with van der Waals surface area (Å²) in [5.74, 6) is 0.0266. The van der Waals surface area contributed by atoms with Gasteiger partial charge in [-0.15, -0.1) is 0 Å². The predicted molar refractivity (Wildman–Crippen MR) is 163 cm³/mol. The number of ether oxygens (including phenoxy) is 1. The molecule has 3 N–H and O–H groups in total. The Hall–Kier alpha value is -2.81. The van der Waals surface area contributed by atoms with Crippen LogP contribution in [0, 0.1) is 0 Å². The van der Waals surface area contributed by atoms with Crippen molar-refractivity contribution in [1.82, 2.24) is 20.9 Å². The zero-order valence-corrected chi connectivity index (χ0v) is 27.3. The molecule has 2 aliphatic rings. The van der Waals surface area contributed by atoms with E-state index in [1.54, 1.807) is 11.8 Å². The van der Waals surface area contributed by atoms with Crippen molar-refractivity contribution in [2.45, 2.75) is 76.7 Å². The number of nitrogens with one attached hydrogen (secondary N) is 3. The fraction of sp³-hybridized carbons (Fsp3) is 0.545. The van der Waals surface area contributed by atoms with E-state index in [-0.39, 0.29) is 47.3 Å². The van der Waals surface area contributed by atoms with E-state index < -0.39 is 5.60 Å². The van der Waals surface area contributed by atoms with Gasteiger partial charge in [-0.3, -0.25) is 9.59 Å². The summed E-state index contributed by atoms with van der Waals surface area (Å²) < 4.78 is 5.47. The molecular weight excluding hydrogens is 567 g/mol. The molecule has 2 fully saturated rings. The van der Waals surface area contributed by atoms with Gasteiger partial charge in [-0.2, -0.15) is 0 Å². The first-order chi connectivity index (χ1) is 19.4. The molecule has 0 saturated carbocycles. The van der Waals surface area contributed by atoms with E-state index in [1.807, 2.05) is 45.0 Å². The van der Waals surface area contributed by atoms with Gasteiger partial charge in [0.15, 0.2) is 0 Å². The Labute approximate surface area is 263 Å². The monoisotopic (exact) mass is 615 g/mol. The summed E-state index contributed by atoms with van der Waals surface area (Å²) in [6.45, 7) is 13.4. The molecule has 4 rings (SSSR count). The van der Waals surface area contributed by atoms with Crippen LogP contribution < -0.4 is 16.0 Å². The fourth-order valence-corrected chi connectivity index (χ4v) is 5.65. The van der Waals surface area contributed by atoms with Crippen LogP contribution in [0.4, 0.5) is 4.79 Å². The number of carbonyl (C=O) groups is 3. The number of hydrogen-bond donors (Lipinski definition) is 3. The van der Waals surface area contributed by atoms with Gasteiger partial charge in [-0.05, 0) is 70.7 Å². The van der Waals surface area contributed by atoms with Crippen molar-refractivity contribution >= 4 is 17.9 Å². The first-order valence-corrected chi connectivity index (χ1v) is 14.7. The van der Waals surface area contributed by atoms with E-state index in [4.69, 9.17) is 4.74 Å². The summed E-state index contributed by atoms with van der Waals surface area (Å²) in [5, 5.41) is 9.34. The second-order valence-corrected chi connectivity index (χ2v) is 12.3. The summed E-state index contributed by atoms with van der Waals surface area (Å²) in [4.78, 5) is 36.6. The Kier molecular flexibility index (Phi) is 13.6. The van der Waals surface area contributed by atoms with Crippen molar-refractivity contribution in [3.63, 3.8) is 0 Å². The van der Waals surface area contributed by atoms with E-state index in [0.717, 1.165) is 45.3 Å². The molecule has 0 atom stereocenters. The van der Waals surface area contributed by atoms with Crippen LogP contribution in [0.25, 0.3) is 0 Å². The molecule has 2 heterocycles. The van der Waals surface area contributed by atoms with E-state index in [9.17, 15) is 14.4 Å². The number of rotatable bonds is 6. The van der Waals surface area contributed by atoms with Crippen molar-refractivity contribution in [3.05, 3.63) is 71.8 Å². The maximum absolute atomic E-state index is 12.3. The van der Waals surface area contributed by atoms with E-state index in [0.29, 0.717) is 19.6 Å². The molecule has 9 heteroatoms. The quantitative estimate of drug-likeness (QED) is 0.444. The summed E-state index contributed by atoms with van der Waals surface area (Å²) >= 11 is 0. The molecule has 0 unspecified atom stereocenters. The maximum atomic E-state index is 12.3. The molecule has 229 valence electrons. The molecule has 1 radical (unpaired) electrons. The topological polar surface area (TPSA) is 99.8 Å². The van der Waals surface area contributed by atoms with E-state index in [1.165, 1.54) is 18.1 Å². The molecule has 8 nitrogen and oxygen atoms in total. The number of carbonyl (C=O) groups excluding carboxylic acids is 3. The van der Waals surface area contributed by atoms with Crippen LogP contribution in [0.2, 0.25) is 0 Å². The Balaban J connectivity index is 0.000000302. The Morgan fingerprint density at radius 2 is 1.17 bits per heavy atom. The summed E-state index contributed by atoms with van der Waals surface area (Å²) in [6, 6.07) is 20.8. The standard InChI is InChI=1S/C19H28N2O3.C14H20N2O.V/c1-15(22)20-14-19(16-8-6-5-7-9-16)10-12-21(13-11-19)17(23)24-18(2,3)4;1-12(17)16-11-14(7-9-15-10-8-14)13-5-3-2-4-6-13;/h5-9H,10-14H2,1-4H3,(H,20,22);2-6,15H,7-11H2,1H3,(H,16,17);. The summed E-state index contributed by atoms with van der Waals surface area (Å²) in [5.41, 5.74) is 2.04. The minimum atomic E-state index is -0.485. The molecule has 2 aromatic carbocycles. The van der Waals surface area contributed by atoms with Crippen LogP contribution in [-0.4, -0.2) is 67.7 Å². The van der Waals surface area contributed by atoms with Crippen molar-refractivity contribution in [3.8, 4) is 0 Å². The number of amides is 3. The summed E-state index contributed by atoms with van der Waals surface area (Å²) in [6.07, 6.45) is 3.51. The van der Waals surface area contributed by atoms with Crippen LogP contribution in [-0.2, 0) is 43.7 Å². The number of likely N-dealkylation sites (tertiary alicyclic amines) is 1. The summed E-state index contributed by atoms with van der Waals surface area (Å²) in [7, 11) is 0. The van der Waals surface area contributed by atoms with Crippen molar-refractivity contribution in [2.75, 3.05) is 39.3 Å². The molecular formula is C33H48N4O4V. The molecule has 2 saturated heterocycles. The van der Waals surface area contributed by atoms with Gasteiger partial charge >= 0.3 is 6.09 Å². The van der Waals surface area contributed by atoms with Crippen LogP contribution in [0.15, 0.2) is 60.7 Å². The van der Waals surface area contributed by atoms with Gasteiger partial charge in [0, 0.05) is 69.4 Å². The molecule has 0 aromatic heterocycles. The van der Waals surface area contributed by atoms with Crippen molar-refractivity contribution in [2.24, 2.45) is 0 Å². The number of hydrogen-bond acceptors (Lipinski definition) is 5. The molecule has 3 amide bonds. The van der Waals surface area contributed by atoms with Gasteiger partial charge in [-0.25, -0.2) is 4.79 Å². The zero-order valence-electron chi connectivity index (χ0n) is 25.9. The van der Waals surface area contributed by atoms with Gasteiger partial charge in [0.25, 0.3) is 0 Å². The minimum Gasteiger partial charge on any atom is -0.444 e. The fourth-order valence-electron chi connectivity index (χ4n) is 5.65. The third-order valence-electron chi connectivity index (χ3n) is 8.06. The van der Waals surface area contributed by atoms with Gasteiger partial charge in [0.1, 0.15) is 5.60 Å². The van der Waals surface area contributed by atoms with E-state index >= 15 is 0 Å². The molecule has 2 aromatic rings. The third kappa shape index (κ3) is 10.5. The van der Waals surface area contributed by atoms with Gasteiger partial charge < -0.3 is 25.6 Å². The third-order valence-corrected chi connectivity index (χ3v) is 8.06. The minimum absolute atomic E-state index is 0.